The Labute approximate surface area is 81.7 Å². The largest absolute Gasteiger partial charge is 0.494 e. The number of methoxy groups -OCH3 is 1. The van der Waals surface area contributed by atoms with E-state index in [1.807, 2.05) is 0 Å². The van der Waals surface area contributed by atoms with E-state index in [2.05, 4.69) is 5.32 Å². The topological polar surface area (TPSA) is 38.3 Å². The van der Waals surface area contributed by atoms with Crippen molar-refractivity contribution in [3.63, 3.8) is 0 Å². The fourth-order valence-electron chi connectivity index (χ4n) is 1.03. The summed E-state index contributed by atoms with van der Waals surface area (Å²) in [5.41, 5.74) is 0.442. The lowest BCUT2D eigenvalue weighted by Crippen LogP contribution is -2.18. The molecule has 70 valence electrons. The molecule has 0 aliphatic heterocycles. The maximum absolute atomic E-state index is 11.3. The first kappa shape index (κ1) is 9.86. The van der Waals surface area contributed by atoms with Crippen LogP contribution in [0.3, 0.4) is 0 Å². The molecule has 0 heterocycles. The molecule has 0 fully saturated rings. The molecule has 1 aromatic carbocycles. The second-order valence-corrected chi connectivity index (χ2v) is 2.81. The molecule has 13 heavy (non-hydrogen) atoms. The molecule has 0 aromatic heterocycles. The Bertz CT molecular complexity index is 325. The zero-order valence-corrected chi connectivity index (χ0v) is 8.18. The average Bonchev–Trinajstić information content (AvgIpc) is 2.16. The molecule has 1 rings (SSSR count). The summed E-state index contributed by atoms with van der Waals surface area (Å²) in [6, 6.07) is 5.03. The summed E-state index contributed by atoms with van der Waals surface area (Å²) in [7, 11) is 3.04. The van der Waals surface area contributed by atoms with Crippen LogP contribution in [-0.2, 0) is 0 Å². The quantitative estimate of drug-likeness (QED) is 0.788. The molecule has 1 N–H and O–H groups in total. The van der Waals surface area contributed by atoms with Crippen molar-refractivity contribution in [2.75, 3.05) is 14.2 Å². The van der Waals surface area contributed by atoms with Crippen molar-refractivity contribution in [3.05, 3.63) is 28.8 Å². The molecule has 0 saturated heterocycles. The molecular formula is C9H10ClNO2. The minimum atomic E-state index is -0.209. The van der Waals surface area contributed by atoms with Gasteiger partial charge >= 0.3 is 0 Å². The number of rotatable bonds is 2. The van der Waals surface area contributed by atoms with Crippen LogP contribution < -0.4 is 10.1 Å². The Morgan fingerprint density at radius 2 is 2.23 bits per heavy atom. The van der Waals surface area contributed by atoms with Crippen molar-refractivity contribution >= 4 is 17.5 Å². The highest BCUT2D eigenvalue weighted by Crippen LogP contribution is 2.27. The van der Waals surface area contributed by atoms with Crippen molar-refractivity contribution in [1.82, 2.24) is 5.32 Å². The summed E-state index contributed by atoms with van der Waals surface area (Å²) < 4.78 is 5.01. The minimum Gasteiger partial charge on any atom is -0.494 e. The summed E-state index contributed by atoms with van der Waals surface area (Å²) in [5.74, 6) is 0.197. The van der Waals surface area contributed by atoms with Crippen molar-refractivity contribution in [3.8, 4) is 5.75 Å². The Morgan fingerprint density at radius 3 is 2.77 bits per heavy atom. The number of halogens is 1. The maximum Gasteiger partial charge on any atom is 0.254 e. The van der Waals surface area contributed by atoms with Gasteiger partial charge in [-0.25, -0.2) is 0 Å². The molecule has 1 aromatic rings. The third kappa shape index (κ3) is 1.92. The summed E-state index contributed by atoms with van der Waals surface area (Å²) in [6.07, 6.45) is 0. The van der Waals surface area contributed by atoms with Crippen LogP contribution >= 0.6 is 11.6 Å². The second kappa shape index (κ2) is 4.14. The van der Waals surface area contributed by atoms with Gasteiger partial charge in [-0.3, -0.25) is 4.79 Å². The first-order chi connectivity index (χ1) is 6.20. The van der Waals surface area contributed by atoms with Gasteiger partial charge in [-0.2, -0.15) is 0 Å². The van der Waals surface area contributed by atoms with Crippen LogP contribution in [0.15, 0.2) is 18.2 Å². The van der Waals surface area contributed by atoms with E-state index in [1.165, 1.54) is 7.11 Å². The van der Waals surface area contributed by atoms with E-state index in [0.717, 1.165) is 0 Å². The summed E-state index contributed by atoms with van der Waals surface area (Å²) in [6.45, 7) is 0. The minimum absolute atomic E-state index is 0.209. The third-order valence-corrected chi connectivity index (χ3v) is 1.94. The van der Waals surface area contributed by atoms with E-state index in [0.29, 0.717) is 16.3 Å². The highest BCUT2D eigenvalue weighted by Gasteiger charge is 2.12. The van der Waals surface area contributed by atoms with E-state index in [4.69, 9.17) is 16.3 Å². The van der Waals surface area contributed by atoms with Crippen LogP contribution in [0.1, 0.15) is 10.4 Å². The SMILES string of the molecule is CNC(=O)c1cccc(Cl)c1OC. The van der Waals surface area contributed by atoms with Gasteiger partial charge in [-0.05, 0) is 12.1 Å². The zero-order valence-electron chi connectivity index (χ0n) is 7.43. The molecule has 1 amide bonds. The van der Waals surface area contributed by atoms with Crippen LogP contribution in [0.4, 0.5) is 0 Å². The fourth-order valence-corrected chi connectivity index (χ4v) is 1.28. The van der Waals surface area contributed by atoms with E-state index >= 15 is 0 Å². The Hall–Kier alpha value is -1.22. The molecule has 0 atom stereocenters. The van der Waals surface area contributed by atoms with Crippen LogP contribution in [0.25, 0.3) is 0 Å². The van der Waals surface area contributed by atoms with Crippen LogP contribution in [0.2, 0.25) is 5.02 Å². The van der Waals surface area contributed by atoms with Crippen molar-refractivity contribution < 1.29 is 9.53 Å². The Morgan fingerprint density at radius 1 is 1.54 bits per heavy atom. The molecule has 0 spiro atoms. The number of amides is 1. The molecule has 0 bridgehead atoms. The van der Waals surface area contributed by atoms with E-state index in [1.54, 1.807) is 25.2 Å². The van der Waals surface area contributed by atoms with Crippen LogP contribution in [-0.4, -0.2) is 20.1 Å². The van der Waals surface area contributed by atoms with E-state index in [-0.39, 0.29) is 5.91 Å². The smallest absolute Gasteiger partial charge is 0.254 e. The zero-order chi connectivity index (χ0) is 9.84. The van der Waals surface area contributed by atoms with Gasteiger partial charge in [0.25, 0.3) is 5.91 Å². The van der Waals surface area contributed by atoms with E-state index < -0.39 is 0 Å². The molecule has 0 saturated carbocycles. The second-order valence-electron chi connectivity index (χ2n) is 2.40. The average molecular weight is 200 g/mol. The highest BCUT2D eigenvalue weighted by atomic mass is 35.5. The van der Waals surface area contributed by atoms with Gasteiger partial charge in [0.05, 0.1) is 17.7 Å². The lowest BCUT2D eigenvalue weighted by Gasteiger charge is -2.07. The number of carbonyl (C=O) groups excluding carboxylic acids is 1. The van der Waals surface area contributed by atoms with Crippen molar-refractivity contribution in [2.45, 2.75) is 0 Å². The Balaban J connectivity index is 3.20. The first-order valence-electron chi connectivity index (χ1n) is 3.75. The number of carbonyl (C=O) groups is 1. The van der Waals surface area contributed by atoms with Crippen molar-refractivity contribution in [1.29, 1.82) is 0 Å². The number of nitrogens with one attached hydrogen (secondary N) is 1. The summed E-state index contributed by atoms with van der Waals surface area (Å²) >= 11 is 5.83. The number of hydrogen-bond donors (Lipinski definition) is 1. The fraction of sp³-hybridized carbons (Fsp3) is 0.222. The molecular weight excluding hydrogens is 190 g/mol. The van der Waals surface area contributed by atoms with Gasteiger partial charge in [-0.1, -0.05) is 17.7 Å². The number of benzene rings is 1. The van der Waals surface area contributed by atoms with Gasteiger partial charge < -0.3 is 10.1 Å². The van der Waals surface area contributed by atoms with E-state index in [9.17, 15) is 4.79 Å². The van der Waals surface area contributed by atoms with Gasteiger partial charge in [0, 0.05) is 7.05 Å². The highest BCUT2D eigenvalue weighted by molar-refractivity contribution is 6.32. The predicted molar refractivity (Wildman–Crippen MR) is 51.4 cm³/mol. The lowest BCUT2D eigenvalue weighted by atomic mass is 10.2. The third-order valence-electron chi connectivity index (χ3n) is 1.64. The molecule has 4 heteroatoms. The van der Waals surface area contributed by atoms with Gasteiger partial charge in [-0.15, -0.1) is 0 Å². The molecule has 0 aliphatic rings. The predicted octanol–water partition coefficient (Wildman–Crippen LogP) is 1.71. The normalized spacial score (nSPS) is 9.46. The van der Waals surface area contributed by atoms with Gasteiger partial charge in [0.2, 0.25) is 0 Å². The summed E-state index contributed by atoms with van der Waals surface area (Å²) in [5, 5.41) is 2.94. The number of ether oxygens (including phenoxy) is 1. The molecule has 0 radical (unpaired) electrons. The molecule has 0 unspecified atom stereocenters. The standard InChI is InChI=1S/C9H10ClNO2/c1-11-9(12)6-4-3-5-7(10)8(6)13-2/h3-5H,1-2H3,(H,11,12). The van der Waals surface area contributed by atoms with Crippen molar-refractivity contribution in [2.24, 2.45) is 0 Å². The van der Waals surface area contributed by atoms with Gasteiger partial charge in [0.15, 0.2) is 0 Å². The first-order valence-corrected chi connectivity index (χ1v) is 4.13. The summed E-state index contributed by atoms with van der Waals surface area (Å²) in [4.78, 5) is 11.3. The number of para-hydroxylation sites is 1. The van der Waals surface area contributed by atoms with Crippen LogP contribution in [0, 0.1) is 0 Å². The maximum atomic E-state index is 11.3. The molecule has 0 aliphatic carbocycles. The monoisotopic (exact) mass is 199 g/mol. The Kier molecular flexibility index (Phi) is 3.14. The molecule has 3 nitrogen and oxygen atoms in total. The lowest BCUT2D eigenvalue weighted by molar-refractivity contribution is 0.0960. The van der Waals surface area contributed by atoms with Gasteiger partial charge in [0.1, 0.15) is 5.75 Å². The number of hydrogen-bond acceptors (Lipinski definition) is 2. The van der Waals surface area contributed by atoms with Crippen LogP contribution in [0.5, 0.6) is 5.75 Å².